The zero-order chi connectivity index (χ0) is 21.4. The first kappa shape index (κ1) is 22.3. The molecule has 2 aromatic carbocycles. The lowest BCUT2D eigenvalue weighted by Crippen LogP contribution is -3.13. The molecule has 0 spiro atoms. The second-order valence-corrected chi connectivity index (χ2v) is 6.87. The average Bonchev–Trinajstić information content (AvgIpc) is 2.64. The van der Waals surface area contributed by atoms with Gasteiger partial charge in [0, 0.05) is 23.3 Å². The number of benzene rings is 2. The van der Waals surface area contributed by atoms with E-state index in [9.17, 15) is 18.8 Å². The van der Waals surface area contributed by atoms with Crippen molar-refractivity contribution in [2.24, 2.45) is 0 Å². The summed E-state index contributed by atoms with van der Waals surface area (Å²) in [5.41, 5.74) is 1.24. The van der Waals surface area contributed by atoms with E-state index in [2.05, 4.69) is 16.0 Å². The van der Waals surface area contributed by atoms with Crippen molar-refractivity contribution in [1.29, 1.82) is 0 Å². The van der Waals surface area contributed by atoms with E-state index in [1.165, 1.54) is 19.1 Å². The Balaban J connectivity index is 1.87. The van der Waals surface area contributed by atoms with Gasteiger partial charge in [0.1, 0.15) is 5.82 Å². The number of halogens is 2. The molecule has 1 unspecified atom stereocenters. The van der Waals surface area contributed by atoms with E-state index in [-0.39, 0.29) is 35.6 Å². The molecule has 0 aliphatic carbocycles. The molecule has 1 atom stereocenters. The Morgan fingerprint density at radius 1 is 0.931 bits per heavy atom. The minimum absolute atomic E-state index is 0.00740. The van der Waals surface area contributed by atoms with Crippen LogP contribution in [0.25, 0.3) is 0 Å². The molecular formula is C20H23ClFN4O3+. The molecule has 154 valence electrons. The highest BCUT2D eigenvalue weighted by molar-refractivity contribution is 6.30. The quantitative estimate of drug-likeness (QED) is 0.524. The summed E-state index contributed by atoms with van der Waals surface area (Å²) in [5.74, 6) is -1.47. The number of rotatable bonds is 8. The number of nitrogens with one attached hydrogen (secondary N) is 4. The van der Waals surface area contributed by atoms with Crippen LogP contribution in [0.1, 0.15) is 13.8 Å². The smallest absolute Gasteiger partial charge is 0.279 e. The SMILES string of the molecule is CC[NH+](CC(=O)Nc1ccc(NC(C)=O)cc1)CC(=O)Nc1ccc(Cl)cc1F. The summed E-state index contributed by atoms with van der Waals surface area (Å²) < 4.78 is 13.8. The highest BCUT2D eigenvalue weighted by Gasteiger charge is 2.18. The van der Waals surface area contributed by atoms with Crippen molar-refractivity contribution in [2.45, 2.75) is 13.8 Å². The van der Waals surface area contributed by atoms with E-state index < -0.39 is 11.7 Å². The third-order valence-electron chi connectivity index (χ3n) is 4.02. The molecule has 0 heterocycles. The Morgan fingerprint density at radius 3 is 2.00 bits per heavy atom. The molecule has 2 rings (SSSR count). The van der Waals surface area contributed by atoms with Gasteiger partial charge >= 0.3 is 0 Å². The normalized spacial score (nSPS) is 11.4. The summed E-state index contributed by atoms with van der Waals surface area (Å²) in [7, 11) is 0. The van der Waals surface area contributed by atoms with Gasteiger partial charge in [0.05, 0.1) is 12.2 Å². The molecule has 0 saturated heterocycles. The number of quaternary nitrogens is 1. The van der Waals surface area contributed by atoms with Crippen LogP contribution in [0.15, 0.2) is 42.5 Å². The van der Waals surface area contributed by atoms with Crippen LogP contribution in [-0.2, 0) is 14.4 Å². The third-order valence-corrected chi connectivity index (χ3v) is 4.25. The lowest BCUT2D eigenvalue weighted by molar-refractivity contribution is -0.881. The fourth-order valence-corrected chi connectivity index (χ4v) is 2.76. The van der Waals surface area contributed by atoms with E-state index in [1.807, 2.05) is 6.92 Å². The standard InChI is InChI=1S/C20H22ClFN4O3/c1-3-26(12-20(29)25-18-9-4-14(21)10-17(18)22)11-19(28)24-16-7-5-15(6-8-16)23-13(2)27/h4-10H,3,11-12H2,1-2H3,(H,23,27)(H,24,28)(H,25,29)/p+1. The van der Waals surface area contributed by atoms with E-state index in [1.54, 1.807) is 24.3 Å². The summed E-state index contributed by atoms with van der Waals surface area (Å²) in [6.45, 7) is 3.87. The highest BCUT2D eigenvalue weighted by Crippen LogP contribution is 2.18. The van der Waals surface area contributed by atoms with Crippen LogP contribution in [0.3, 0.4) is 0 Å². The summed E-state index contributed by atoms with van der Waals surface area (Å²) in [4.78, 5) is 36.2. The van der Waals surface area contributed by atoms with Gasteiger partial charge in [-0.3, -0.25) is 14.4 Å². The molecule has 0 radical (unpaired) electrons. The molecule has 0 aromatic heterocycles. The van der Waals surface area contributed by atoms with Crippen LogP contribution < -0.4 is 20.9 Å². The Labute approximate surface area is 173 Å². The van der Waals surface area contributed by atoms with Gasteiger partial charge in [0.15, 0.2) is 13.1 Å². The van der Waals surface area contributed by atoms with Crippen LogP contribution >= 0.6 is 11.6 Å². The molecule has 4 N–H and O–H groups in total. The molecule has 0 fully saturated rings. The minimum atomic E-state index is -0.621. The fraction of sp³-hybridized carbons (Fsp3) is 0.250. The largest absolute Gasteiger partial charge is 0.326 e. The van der Waals surface area contributed by atoms with Crippen molar-refractivity contribution < 1.29 is 23.7 Å². The van der Waals surface area contributed by atoms with Gasteiger partial charge in [-0.15, -0.1) is 0 Å². The Bertz CT molecular complexity index is 890. The van der Waals surface area contributed by atoms with Gasteiger partial charge in [-0.25, -0.2) is 4.39 Å². The van der Waals surface area contributed by atoms with Crippen LogP contribution in [0, 0.1) is 5.82 Å². The number of hydrogen-bond donors (Lipinski definition) is 4. The van der Waals surface area contributed by atoms with E-state index in [0.29, 0.717) is 22.8 Å². The van der Waals surface area contributed by atoms with Gasteiger partial charge in [0.25, 0.3) is 11.8 Å². The van der Waals surface area contributed by atoms with Gasteiger partial charge in [-0.1, -0.05) is 11.6 Å². The van der Waals surface area contributed by atoms with Crippen LogP contribution in [0.5, 0.6) is 0 Å². The first-order valence-corrected chi connectivity index (χ1v) is 9.40. The fourth-order valence-electron chi connectivity index (χ4n) is 2.60. The number of carbonyl (C=O) groups is 3. The van der Waals surface area contributed by atoms with Crippen LogP contribution in [0.2, 0.25) is 5.02 Å². The maximum Gasteiger partial charge on any atom is 0.279 e. The Morgan fingerprint density at radius 2 is 1.48 bits per heavy atom. The third kappa shape index (κ3) is 7.52. The van der Waals surface area contributed by atoms with E-state index in [0.717, 1.165) is 6.07 Å². The second kappa shape index (κ2) is 10.5. The van der Waals surface area contributed by atoms with Crippen molar-refractivity contribution >= 4 is 46.4 Å². The molecular weight excluding hydrogens is 399 g/mol. The molecule has 2 aromatic rings. The zero-order valence-corrected chi connectivity index (χ0v) is 16.9. The summed E-state index contributed by atoms with van der Waals surface area (Å²) in [6.07, 6.45) is 0. The number of carbonyl (C=O) groups excluding carboxylic acids is 3. The molecule has 0 bridgehead atoms. The first-order valence-electron chi connectivity index (χ1n) is 9.02. The number of amides is 3. The molecule has 3 amide bonds. The first-order chi connectivity index (χ1) is 13.8. The summed E-state index contributed by atoms with van der Waals surface area (Å²) >= 11 is 5.70. The van der Waals surface area contributed by atoms with Gasteiger partial charge in [0.2, 0.25) is 5.91 Å². The summed E-state index contributed by atoms with van der Waals surface area (Å²) in [6, 6.07) is 10.7. The van der Waals surface area contributed by atoms with Crippen molar-refractivity contribution in [3.8, 4) is 0 Å². The van der Waals surface area contributed by atoms with Gasteiger partial charge in [-0.05, 0) is 49.4 Å². The van der Waals surface area contributed by atoms with E-state index in [4.69, 9.17) is 11.6 Å². The lowest BCUT2D eigenvalue weighted by Gasteiger charge is -2.17. The molecule has 0 saturated carbocycles. The van der Waals surface area contributed by atoms with Crippen molar-refractivity contribution in [3.05, 3.63) is 53.3 Å². The molecule has 0 aliphatic rings. The number of likely N-dealkylation sites (N-methyl/N-ethyl adjacent to an activating group) is 1. The van der Waals surface area contributed by atoms with Gasteiger partial charge < -0.3 is 20.9 Å². The van der Waals surface area contributed by atoms with Crippen molar-refractivity contribution in [2.75, 3.05) is 35.6 Å². The number of hydrogen-bond acceptors (Lipinski definition) is 3. The summed E-state index contributed by atoms with van der Waals surface area (Å²) in [5, 5.41) is 8.11. The lowest BCUT2D eigenvalue weighted by atomic mass is 10.2. The molecule has 29 heavy (non-hydrogen) atoms. The average molecular weight is 422 g/mol. The van der Waals surface area contributed by atoms with Gasteiger partial charge in [-0.2, -0.15) is 0 Å². The molecule has 9 heteroatoms. The van der Waals surface area contributed by atoms with Crippen molar-refractivity contribution in [1.82, 2.24) is 0 Å². The Kier molecular flexibility index (Phi) is 8.11. The molecule has 7 nitrogen and oxygen atoms in total. The second-order valence-electron chi connectivity index (χ2n) is 6.44. The monoisotopic (exact) mass is 421 g/mol. The van der Waals surface area contributed by atoms with Crippen molar-refractivity contribution in [3.63, 3.8) is 0 Å². The number of anilines is 3. The predicted molar refractivity (Wildman–Crippen MR) is 111 cm³/mol. The van der Waals surface area contributed by atoms with E-state index >= 15 is 0 Å². The predicted octanol–water partition coefficient (Wildman–Crippen LogP) is 1.92. The highest BCUT2D eigenvalue weighted by atomic mass is 35.5. The Hall–Kier alpha value is -2.97. The minimum Gasteiger partial charge on any atom is -0.326 e. The topological polar surface area (TPSA) is 91.7 Å². The zero-order valence-electron chi connectivity index (χ0n) is 16.1. The van der Waals surface area contributed by atoms with Crippen LogP contribution in [-0.4, -0.2) is 37.4 Å². The molecule has 0 aliphatic heterocycles. The maximum absolute atomic E-state index is 13.8. The maximum atomic E-state index is 13.8. The van der Waals surface area contributed by atoms with Crippen LogP contribution in [0.4, 0.5) is 21.5 Å².